The van der Waals surface area contributed by atoms with Crippen molar-refractivity contribution in [2.24, 2.45) is 0 Å². The smallest absolute Gasteiger partial charge is 0.214 e. The summed E-state index contributed by atoms with van der Waals surface area (Å²) >= 11 is 1.68. The van der Waals surface area contributed by atoms with Crippen LogP contribution in [0.5, 0.6) is 0 Å². The molecule has 0 aromatic carbocycles. The Kier molecular flexibility index (Phi) is 3.92. The Hall–Kier alpha value is -1.14. The number of rotatable bonds is 3. The Morgan fingerprint density at radius 3 is 2.62 bits per heavy atom. The average Bonchev–Trinajstić information content (AvgIpc) is 2.97. The van der Waals surface area contributed by atoms with E-state index in [0.717, 1.165) is 48.3 Å². The molecule has 0 spiro atoms. The van der Waals surface area contributed by atoms with Crippen molar-refractivity contribution < 1.29 is 4.74 Å². The van der Waals surface area contributed by atoms with E-state index in [-0.39, 0.29) is 5.41 Å². The highest BCUT2D eigenvalue weighted by Crippen LogP contribution is 2.29. The Morgan fingerprint density at radius 2 is 2.05 bits per heavy atom. The van der Waals surface area contributed by atoms with Crippen LogP contribution in [-0.4, -0.2) is 40.4 Å². The van der Waals surface area contributed by atoms with Crippen molar-refractivity contribution in [1.29, 1.82) is 0 Å². The van der Waals surface area contributed by atoms with E-state index in [4.69, 9.17) is 14.8 Å². The van der Waals surface area contributed by atoms with E-state index in [1.54, 1.807) is 11.3 Å². The lowest BCUT2D eigenvalue weighted by Gasteiger charge is -2.31. The van der Waals surface area contributed by atoms with E-state index in [9.17, 15) is 0 Å². The van der Waals surface area contributed by atoms with Crippen molar-refractivity contribution in [3.8, 4) is 0 Å². The average molecular weight is 308 g/mol. The van der Waals surface area contributed by atoms with Crippen LogP contribution < -0.4 is 4.90 Å². The van der Waals surface area contributed by atoms with Gasteiger partial charge in [-0.2, -0.15) is 0 Å². The molecule has 116 valence electrons. The normalized spacial score (nSPS) is 17.8. The highest BCUT2D eigenvalue weighted by molar-refractivity contribution is 7.20. The Morgan fingerprint density at radius 1 is 1.33 bits per heavy atom. The number of piperidine rings is 1. The van der Waals surface area contributed by atoms with Crippen molar-refractivity contribution in [3.05, 3.63) is 11.9 Å². The highest BCUT2D eigenvalue weighted by Gasteiger charge is 2.24. The molecule has 0 radical (unpaired) electrons. The fraction of sp³-hybridized carbons (Fsp3) is 0.733. The predicted molar refractivity (Wildman–Crippen MR) is 86.4 cm³/mol. The first-order valence-electron chi connectivity index (χ1n) is 7.70. The molecule has 0 bridgehead atoms. The molecule has 0 saturated carbocycles. The monoisotopic (exact) mass is 308 g/mol. The first kappa shape index (κ1) is 14.8. The van der Waals surface area contributed by atoms with E-state index in [1.165, 1.54) is 0 Å². The fourth-order valence-electron chi connectivity index (χ4n) is 2.63. The lowest BCUT2D eigenvalue weighted by Crippen LogP contribution is -2.37. The third-order valence-electron chi connectivity index (χ3n) is 3.92. The van der Waals surface area contributed by atoms with Gasteiger partial charge in [0.05, 0.1) is 18.0 Å². The molecule has 6 heteroatoms. The molecule has 1 aliphatic rings. The molecule has 2 aromatic heterocycles. The highest BCUT2D eigenvalue weighted by atomic mass is 32.1. The van der Waals surface area contributed by atoms with E-state index in [2.05, 4.69) is 38.8 Å². The lowest BCUT2D eigenvalue weighted by molar-refractivity contribution is 0.0459. The van der Waals surface area contributed by atoms with E-state index in [0.29, 0.717) is 6.10 Å². The summed E-state index contributed by atoms with van der Waals surface area (Å²) in [5.74, 6) is 0. The second kappa shape index (κ2) is 5.57. The summed E-state index contributed by atoms with van der Waals surface area (Å²) in [6.07, 6.45) is 4.65. The van der Waals surface area contributed by atoms with Gasteiger partial charge in [-0.25, -0.2) is 9.50 Å². The van der Waals surface area contributed by atoms with E-state index in [1.807, 2.05) is 4.52 Å². The van der Waals surface area contributed by atoms with Gasteiger partial charge in [0.15, 0.2) is 0 Å². The molecule has 3 heterocycles. The molecule has 0 atom stereocenters. The van der Waals surface area contributed by atoms with Crippen LogP contribution in [0.15, 0.2) is 6.20 Å². The number of anilines is 1. The number of aromatic nitrogens is 3. The molecule has 1 saturated heterocycles. The number of hydrogen-bond acceptors (Lipinski definition) is 5. The Labute approximate surface area is 129 Å². The molecule has 0 unspecified atom stereocenters. The zero-order valence-electron chi connectivity index (χ0n) is 13.3. The summed E-state index contributed by atoms with van der Waals surface area (Å²) in [5, 5.41) is 5.78. The maximum atomic E-state index is 5.70. The maximum Gasteiger partial charge on any atom is 0.214 e. The number of imidazole rings is 1. The summed E-state index contributed by atoms with van der Waals surface area (Å²) in [4.78, 5) is 8.05. The minimum Gasteiger partial charge on any atom is -0.378 e. The molecule has 1 aliphatic heterocycles. The zero-order valence-corrected chi connectivity index (χ0v) is 14.1. The minimum absolute atomic E-state index is 0.0728. The van der Waals surface area contributed by atoms with Gasteiger partial charge in [-0.1, -0.05) is 32.1 Å². The maximum absolute atomic E-state index is 5.70. The topological polar surface area (TPSA) is 42.7 Å². The van der Waals surface area contributed by atoms with Crippen LogP contribution in [0.4, 0.5) is 5.13 Å². The van der Waals surface area contributed by atoms with Crippen LogP contribution in [-0.2, 0) is 10.2 Å². The molecule has 0 N–H and O–H groups in total. The third kappa shape index (κ3) is 3.06. The minimum atomic E-state index is 0.0728. The van der Waals surface area contributed by atoms with Crippen LogP contribution in [0.2, 0.25) is 0 Å². The molecule has 1 fully saturated rings. The predicted octanol–water partition coefficient (Wildman–Crippen LogP) is 3.09. The van der Waals surface area contributed by atoms with Gasteiger partial charge in [-0.15, -0.1) is 5.10 Å². The number of nitrogens with zero attached hydrogens (tertiary/aromatic N) is 4. The van der Waals surface area contributed by atoms with Crippen LogP contribution >= 0.6 is 11.3 Å². The quantitative estimate of drug-likeness (QED) is 0.874. The second-order valence-electron chi connectivity index (χ2n) is 6.63. The largest absolute Gasteiger partial charge is 0.378 e. The van der Waals surface area contributed by atoms with Gasteiger partial charge >= 0.3 is 0 Å². The third-order valence-corrected chi connectivity index (χ3v) is 4.90. The molecule has 0 aliphatic carbocycles. The van der Waals surface area contributed by atoms with Crippen LogP contribution in [0.25, 0.3) is 4.96 Å². The van der Waals surface area contributed by atoms with Crippen molar-refractivity contribution in [2.75, 3.05) is 24.6 Å². The van der Waals surface area contributed by atoms with Crippen LogP contribution in [0, 0.1) is 0 Å². The lowest BCUT2D eigenvalue weighted by atomic mass is 9.93. The van der Waals surface area contributed by atoms with Crippen molar-refractivity contribution in [1.82, 2.24) is 14.6 Å². The fourth-order valence-corrected chi connectivity index (χ4v) is 3.56. The molecular formula is C15H24N4OS. The van der Waals surface area contributed by atoms with Gasteiger partial charge < -0.3 is 9.64 Å². The van der Waals surface area contributed by atoms with Gasteiger partial charge in [0.1, 0.15) is 0 Å². The van der Waals surface area contributed by atoms with E-state index >= 15 is 0 Å². The first-order valence-corrected chi connectivity index (χ1v) is 8.52. The molecular weight excluding hydrogens is 284 g/mol. The Balaban J connectivity index is 1.72. The van der Waals surface area contributed by atoms with Crippen LogP contribution in [0.3, 0.4) is 0 Å². The summed E-state index contributed by atoms with van der Waals surface area (Å²) in [5.41, 5.74) is 1.17. The molecule has 2 aromatic rings. The first-order chi connectivity index (χ1) is 9.97. The summed E-state index contributed by atoms with van der Waals surface area (Å²) in [7, 11) is 0. The summed E-state index contributed by atoms with van der Waals surface area (Å²) in [6.45, 7) is 11.5. The molecule has 3 rings (SSSR count). The molecule has 5 nitrogen and oxygen atoms in total. The SMILES string of the molecule is CCOC1CCN(c2nn3cc(C(C)(C)C)nc3s2)CC1. The molecule has 0 amide bonds. The van der Waals surface area contributed by atoms with Crippen molar-refractivity contribution in [3.63, 3.8) is 0 Å². The zero-order chi connectivity index (χ0) is 15.0. The van der Waals surface area contributed by atoms with Gasteiger partial charge in [0.2, 0.25) is 10.1 Å². The van der Waals surface area contributed by atoms with E-state index < -0.39 is 0 Å². The van der Waals surface area contributed by atoms with Crippen molar-refractivity contribution >= 4 is 21.4 Å². The Bertz CT molecular complexity index is 573. The number of ether oxygens (including phenoxy) is 1. The van der Waals surface area contributed by atoms with Gasteiger partial charge in [-0.05, 0) is 19.8 Å². The van der Waals surface area contributed by atoms with Gasteiger partial charge in [0.25, 0.3) is 0 Å². The number of fused-ring (bicyclic) bond motifs is 1. The van der Waals surface area contributed by atoms with Crippen molar-refractivity contribution in [2.45, 2.75) is 52.1 Å². The summed E-state index contributed by atoms with van der Waals surface area (Å²) in [6, 6.07) is 0. The summed E-state index contributed by atoms with van der Waals surface area (Å²) < 4.78 is 7.63. The standard InChI is InChI=1S/C15H24N4OS/c1-5-20-11-6-8-18(9-7-11)14-17-19-10-12(15(2,3)4)16-13(19)21-14/h10-11H,5-9H2,1-4H3. The van der Waals surface area contributed by atoms with Crippen LogP contribution in [0.1, 0.15) is 46.2 Å². The number of hydrogen-bond donors (Lipinski definition) is 0. The second-order valence-corrected chi connectivity index (χ2v) is 7.56. The van der Waals surface area contributed by atoms with Gasteiger partial charge in [0, 0.05) is 25.1 Å². The molecule has 21 heavy (non-hydrogen) atoms. The van der Waals surface area contributed by atoms with Gasteiger partial charge in [-0.3, -0.25) is 0 Å².